The third-order valence-corrected chi connectivity index (χ3v) is 3.61. The Balaban J connectivity index is 2.87. The molecular weight excluding hydrogens is 322 g/mol. The topological polar surface area (TPSA) is 54.3 Å². The fourth-order valence-electron chi connectivity index (χ4n) is 2.06. The maximum Gasteiger partial charge on any atom is 0.270 e. The predicted molar refractivity (Wildman–Crippen MR) is 82.7 cm³/mol. The number of nitrogens with one attached hydrogen (secondary N) is 1. The van der Waals surface area contributed by atoms with Crippen molar-refractivity contribution in [3.05, 3.63) is 22.4 Å². The second-order valence-corrected chi connectivity index (χ2v) is 6.16. The molecule has 1 heterocycles. The lowest BCUT2D eigenvalue weighted by Crippen LogP contribution is -2.38. The number of nitrogens with zero attached hydrogens (tertiary/aromatic N) is 2. The number of carbonyl (C=O) groups is 2. The smallest absolute Gasteiger partial charge is 0.270 e. The lowest BCUT2D eigenvalue weighted by molar-refractivity contribution is -0.124. The molecule has 0 spiro atoms. The minimum absolute atomic E-state index is 0.0647. The number of carbonyl (C=O) groups excluding carboxylic acids is 2. The summed E-state index contributed by atoms with van der Waals surface area (Å²) in [5, 5.41) is 2.59. The van der Waals surface area contributed by atoms with Crippen LogP contribution in [0.25, 0.3) is 0 Å². The van der Waals surface area contributed by atoms with Crippen molar-refractivity contribution in [2.75, 3.05) is 20.6 Å². The monoisotopic (exact) mass is 343 g/mol. The van der Waals surface area contributed by atoms with Gasteiger partial charge in [-0.2, -0.15) is 0 Å². The normalized spacial score (nSPS) is 12.3. The van der Waals surface area contributed by atoms with Crippen molar-refractivity contribution < 1.29 is 9.59 Å². The molecule has 6 heteroatoms. The second kappa shape index (κ2) is 6.92. The van der Waals surface area contributed by atoms with Crippen LogP contribution >= 0.6 is 15.9 Å². The number of rotatable bonds is 5. The molecule has 0 aliphatic carbocycles. The van der Waals surface area contributed by atoms with Crippen LogP contribution in [0.15, 0.2) is 16.7 Å². The molecule has 0 aliphatic heterocycles. The summed E-state index contributed by atoms with van der Waals surface area (Å²) in [5.41, 5.74) is 0.624. The van der Waals surface area contributed by atoms with Crippen LogP contribution in [0.5, 0.6) is 0 Å². The van der Waals surface area contributed by atoms with E-state index in [1.807, 2.05) is 30.7 Å². The highest BCUT2D eigenvalue weighted by Gasteiger charge is 2.22. The number of aromatic nitrogens is 1. The standard InChI is InChI=1S/C14H22BrN3O2/c1-9(2)18-8-11(15)6-12(18)14(20)17(5)7-10(3)13(19)16-4/h6,8-10H,7H2,1-5H3,(H,16,19). The minimum atomic E-state index is -0.236. The maximum atomic E-state index is 12.5. The van der Waals surface area contributed by atoms with Crippen molar-refractivity contribution in [1.82, 2.24) is 14.8 Å². The summed E-state index contributed by atoms with van der Waals surface area (Å²) in [6, 6.07) is 2.01. The van der Waals surface area contributed by atoms with Crippen LogP contribution in [0.4, 0.5) is 0 Å². The van der Waals surface area contributed by atoms with Crippen molar-refractivity contribution in [3.63, 3.8) is 0 Å². The molecule has 1 unspecified atom stereocenters. The van der Waals surface area contributed by atoms with E-state index in [-0.39, 0.29) is 23.8 Å². The van der Waals surface area contributed by atoms with Gasteiger partial charge in [0.15, 0.2) is 0 Å². The van der Waals surface area contributed by atoms with Crippen LogP contribution in [-0.4, -0.2) is 41.9 Å². The second-order valence-electron chi connectivity index (χ2n) is 5.25. The van der Waals surface area contributed by atoms with Crippen LogP contribution in [0.2, 0.25) is 0 Å². The van der Waals surface area contributed by atoms with Gasteiger partial charge in [-0.05, 0) is 35.8 Å². The Labute approximate surface area is 128 Å². The molecule has 0 fully saturated rings. The van der Waals surface area contributed by atoms with Gasteiger partial charge >= 0.3 is 0 Å². The molecule has 0 saturated carbocycles. The molecule has 0 aliphatic rings. The van der Waals surface area contributed by atoms with Crippen LogP contribution < -0.4 is 5.32 Å². The van der Waals surface area contributed by atoms with E-state index < -0.39 is 0 Å². The SMILES string of the molecule is CNC(=O)C(C)CN(C)C(=O)c1cc(Br)cn1C(C)C. The summed E-state index contributed by atoms with van der Waals surface area (Å²) in [6.07, 6.45) is 1.90. The summed E-state index contributed by atoms with van der Waals surface area (Å²) >= 11 is 3.40. The Hall–Kier alpha value is -1.30. The van der Waals surface area contributed by atoms with Crippen LogP contribution in [-0.2, 0) is 4.79 Å². The summed E-state index contributed by atoms with van der Waals surface area (Å²) in [5.74, 6) is -0.384. The molecule has 0 bridgehead atoms. The molecule has 1 N–H and O–H groups in total. The van der Waals surface area contributed by atoms with E-state index in [0.29, 0.717) is 12.2 Å². The van der Waals surface area contributed by atoms with Gasteiger partial charge in [-0.15, -0.1) is 0 Å². The zero-order valence-electron chi connectivity index (χ0n) is 12.6. The molecular formula is C14H22BrN3O2. The molecule has 112 valence electrons. The van der Waals surface area contributed by atoms with Crippen LogP contribution in [0, 0.1) is 5.92 Å². The van der Waals surface area contributed by atoms with E-state index in [2.05, 4.69) is 21.2 Å². The number of hydrogen-bond acceptors (Lipinski definition) is 2. The third kappa shape index (κ3) is 3.85. The quantitative estimate of drug-likeness (QED) is 0.891. The summed E-state index contributed by atoms with van der Waals surface area (Å²) < 4.78 is 2.80. The van der Waals surface area contributed by atoms with Gasteiger partial charge in [0.1, 0.15) is 5.69 Å². The fourth-order valence-corrected chi connectivity index (χ4v) is 2.50. The van der Waals surface area contributed by atoms with Gasteiger partial charge in [0.05, 0.1) is 5.92 Å². The Morgan fingerprint density at radius 2 is 2.00 bits per heavy atom. The van der Waals surface area contributed by atoms with Gasteiger partial charge in [-0.3, -0.25) is 9.59 Å². The van der Waals surface area contributed by atoms with E-state index in [1.165, 1.54) is 0 Å². The molecule has 0 saturated heterocycles. The first-order valence-electron chi connectivity index (χ1n) is 6.62. The largest absolute Gasteiger partial charge is 0.359 e. The van der Waals surface area contributed by atoms with E-state index in [9.17, 15) is 9.59 Å². The number of hydrogen-bond donors (Lipinski definition) is 1. The van der Waals surface area contributed by atoms with E-state index in [0.717, 1.165) is 4.47 Å². The van der Waals surface area contributed by atoms with Crippen LogP contribution in [0.3, 0.4) is 0 Å². The van der Waals surface area contributed by atoms with Gasteiger partial charge in [0.2, 0.25) is 5.91 Å². The molecule has 5 nitrogen and oxygen atoms in total. The van der Waals surface area contributed by atoms with Gasteiger partial charge in [0.25, 0.3) is 5.91 Å². The lowest BCUT2D eigenvalue weighted by Gasteiger charge is -2.22. The zero-order valence-corrected chi connectivity index (χ0v) is 14.2. The molecule has 1 aromatic heterocycles. The molecule has 1 atom stereocenters. The van der Waals surface area contributed by atoms with E-state index in [1.54, 1.807) is 25.9 Å². The highest BCUT2D eigenvalue weighted by Crippen LogP contribution is 2.20. The Morgan fingerprint density at radius 3 is 2.50 bits per heavy atom. The molecule has 0 aromatic carbocycles. The zero-order chi connectivity index (χ0) is 15.4. The fraction of sp³-hybridized carbons (Fsp3) is 0.571. The van der Waals surface area contributed by atoms with E-state index >= 15 is 0 Å². The summed E-state index contributed by atoms with van der Waals surface area (Å²) in [4.78, 5) is 25.6. The highest BCUT2D eigenvalue weighted by atomic mass is 79.9. The summed E-state index contributed by atoms with van der Waals surface area (Å²) in [6.45, 7) is 6.24. The average Bonchev–Trinajstić information content (AvgIpc) is 2.78. The Bertz CT molecular complexity index is 497. The number of halogens is 1. The van der Waals surface area contributed by atoms with Crippen molar-refractivity contribution in [2.45, 2.75) is 26.8 Å². The van der Waals surface area contributed by atoms with Gasteiger partial charge in [-0.1, -0.05) is 6.92 Å². The lowest BCUT2D eigenvalue weighted by atomic mass is 10.1. The van der Waals surface area contributed by atoms with Crippen molar-refractivity contribution in [2.24, 2.45) is 5.92 Å². The molecule has 2 amide bonds. The minimum Gasteiger partial charge on any atom is -0.359 e. The molecule has 1 rings (SSSR count). The van der Waals surface area contributed by atoms with Gasteiger partial charge in [0, 0.05) is 37.4 Å². The molecule has 0 radical (unpaired) electrons. The van der Waals surface area contributed by atoms with Crippen molar-refractivity contribution in [1.29, 1.82) is 0 Å². The Morgan fingerprint density at radius 1 is 1.40 bits per heavy atom. The highest BCUT2D eigenvalue weighted by molar-refractivity contribution is 9.10. The van der Waals surface area contributed by atoms with Crippen LogP contribution in [0.1, 0.15) is 37.3 Å². The van der Waals surface area contributed by atoms with Crippen molar-refractivity contribution >= 4 is 27.7 Å². The van der Waals surface area contributed by atoms with Crippen molar-refractivity contribution in [3.8, 4) is 0 Å². The molecule has 1 aromatic rings. The summed E-state index contributed by atoms with van der Waals surface area (Å²) in [7, 11) is 3.31. The third-order valence-electron chi connectivity index (χ3n) is 3.18. The van der Waals surface area contributed by atoms with Gasteiger partial charge < -0.3 is 14.8 Å². The Kier molecular flexibility index (Phi) is 5.80. The molecule has 20 heavy (non-hydrogen) atoms. The average molecular weight is 344 g/mol. The van der Waals surface area contributed by atoms with Gasteiger partial charge in [-0.25, -0.2) is 0 Å². The maximum absolute atomic E-state index is 12.5. The first kappa shape index (κ1) is 16.8. The predicted octanol–water partition coefficient (Wildman–Crippen LogP) is 2.29. The first-order chi connectivity index (χ1) is 9.27. The number of amides is 2. The van der Waals surface area contributed by atoms with E-state index in [4.69, 9.17) is 0 Å². The first-order valence-corrected chi connectivity index (χ1v) is 7.41.